The third kappa shape index (κ3) is 7.67. The minimum Gasteiger partial charge on any atom is -0.379 e. The molecule has 9 heteroatoms. The molecule has 1 atom stereocenters. The van der Waals surface area contributed by atoms with Gasteiger partial charge in [0.2, 0.25) is 0 Å². The van der Waals surface area contributed by atoms with Crippen LogP contribution in [0.1, 0.15) is 18.4 Å². The van der Waals surface area contributed by atoms with E-state index in [1.165, 1.54) is 12.1 Å². The fourth-order valence-corrected chi connectivity index (χ4v) is 5.51. The normalized spacial score (nSPS) is 16.4. The Morgan fingerprint density at radius 3 is 2.47 bits per heavy atom. The van der Waals surface area contributed by atoms with Crippen molar-refractivity contribution < 1.29 is 18.6 Å². The second kappa shape index (κ2) is 12.6. The van der Waals surface area contributed by atoms with E-state index in [1.807, 2.05) is 30.3 Å². The number of unbranched alkanes of at least 4 members (excludes halogenated alkanes) is 1. The van der Waals surface area contributed by atoms with Crippen molar-refractivity contribution in [1.82, 2.24) is 4.90 Å². The van der Waals surface area contributed by atoms with E-state index in [-0.39, 0.29) is 5.69 Å². The summed E-state index contributed by atoms with van der Waals surface area (Å²) < 4.78 is 29.4. The van der Waals surface area contributed by atoms with E-state index in [0.29, 0.717) is 50.0 Å². The fraction of sp³-hybridized carbons (Fsp3) is 0.478. The van der Waals surface area contributed by atoms with E-state index in [4.69, 9.17) is 9.47 Å². The van der Waals surface area contributed by atoms with Gasteiger partial charge in [-0.25, -0.2) is 8.57 Å². The van der Waals surface area contributed by atoms with E-state index in [9.17, 15) is 14.3 Å². The highest BCUT2D eigenvalue weighted by molar-refractivity contribution is 7.93. The number of rotatable bonds is 12. The lowest BCUT2D eigenvalue weighted by molar-refractivity contribution is -0.384. The number of benzene rings is 2. The van der Waals surface area contributed by atoms with Crippen molar-refractivity contribution in [2.24, 2.45) is 4.36 Å². The zero-order valence-electron chi connectivity index (χ0n) is 18.3. The van der Waals surface area contributed by atoms with Gasteiger partial charge < -0.3 is 9.47 Å². The average Bonchev–Trinajstić information content (AvgIpc) is 2.83. The number of nitro groups is 1. The molecule has 2 aromatic carbocycles. The first-order chi connectivity index (χ1) is 15.6. The maximum atomic E-state index is 13.7. The molecule has 8 nitrogen and oxygen atoms in total. The van der Waals surface area contributed by atoms with Crippen LogP contribution in [0.3, 0.4) is 0 Å². The Labute approximate surface area is 189 Å². The molecular formula is C23H31N3O5S. The Kier molecular flexibility index (Phi) is 9.61. The lowest BCUT2D eigenvalue weighted by Crippen LogP contribution is -2.37. The number of ether oxygens (including phenoxy) is 2. The molecule has 174 valence electrons. The van der Waals surface area contributed by atoms with Gasteiger partial charge in [0, 0.05) is 49.0 Å². The second-order valence-electron chi connectivity index (χ2n) is 7.65. The Morgan fingerprint density at radius 1 is 1.06 bits per heavy atom. The lowest BCUT2D eigenvalue weighted by atomic mass is 10.2. The number of hydrogen-bond acceptors (Lipinski definition) is 7. The average molecular weight is 462 g/mol. The van der Waals surface area contributed by atoms with Gasteiger partial charge in [-0.3, -0.25) is 15.0 Å². The van der Waals surface area contributed by atoms with Crippen LogP contribution in [0.4, 0.5) is 5.69 Å². The van der Waals surface area contributed by atoms with E-state index in [0.717, 1.165) is 31.6 Å². The predicted octanol–water partition coefficient (Wildman–Crippen LogP) is 3.75. The first-order valence-corrected chi connectivity index (χ1v) is 12.6. The van der Waals surface area contributed by atoms with Gasteiger partial charge in [-0.15, -0.1) is 0 Å². The van der Waals surface area contributed by atoms with E-state index < -0.39 is 14.7 Å². The zero-order valence-corrected chi connectivity index (χ0v) is 19.1. The third-order valence-corrected chi connectivity index (χ3v) is 7.76. The molecule has 0 radical (unpaired) electrons. The maximum absolute atomic E-state index is 13.7. The van der Waals surface area contributed by atoms with E-state index in [2.05, 4.69) is 9.26 Å². The molecule has 0 bridgehead atoms. The summed E-state index contributed by atoms with van der Waals surface area (Å²) in [6.07, 6.45) is 1.47. The molecule has 0 aromatic heterocycles. The highest BCUT2D eigenvalue weighted by Crippen LogP contribution is 2.20. The van der Waals surface area contributed by atoms with Gasteiger partial charge in [0.05, 0.1) is 41.0 Å². The van der Waals surface area contributed by atoms with Crippen molar-refractivity contribution in [3.63, 3.8) is 0 Å². The summed E-state index contributed by atoms with van der Waals surface area (Å²) in [5, 5.41) is 11.0. The van der Waals surface area contributed by atoms with Gasteiger partial charge in [-0.2, -0.15) is 0 Å². The SMILES string of the molecule is O=[N+]([O-])c1ccc(S(=O)(CCCCOCc2ccccc2)=NCCN2CCOCC2)cc1. The first kappa shape index (κ1) is 24.3. The Balaban J connectivity index is 1.57. The molecule has 1 saturated heterocycles. The highest BCUT2D eigenvalue weighted by atomic mass is 32.2. The van der Waals surface area contributed by atoms with Crippen molar-refractivity contribution in [2.45, 2.75) is 24.3 Å². The first-order valence-electron chi connectivity index (χ1n) is 10.9. The van der Waals surface area contributed by atoms with Crippen molar-refractivity contribution in [1.29, 1.82) is 0 Å². The molecule has 1 heterocycles. The minimum atomic E-state index is -2.66. The summed E-state index contributed by atoms with van der Waals surface area (Å²) in [5.41, 5.74) is 1.11. The molecule has 1 fully saturated rings. The summed E-state index contributed by atoms with van der Waals surface area (Å²) in [6.45, 7) is 5.45. The Morgan fingerprint density at radius 2 is 1.78 bits per heavy atom. The van der Waals surface area contributed by atoms with Crippen molar-refractivity contribution >= 4 is 15.4 Å². The summed E-state index contributed by atoms with van der Waals surface area (Å²) >= 11 is 0. The number of nitro benzene ring substituents is 1. The van der Waals surface area contributed by atoms with Crippen LogP contribution in [0.2, 0.25) is 0 Å². The van der Waals surface area contributed by atoms with E-state index in [1.54, 1.807) is 12.1 Å². The van der Waals surface area contributed by atoms with Gasteiger partial charge in [-0.1, -0.05) is 30.3 Å². The van der Waals surface area contributed by atoms with Crippen molar-refractivity contribution in [3.05, 3.63) is 70.3 Å². The molecule has 0 N–H and O–H groups in total. The highest BCUT2D eigenvalue weighted by Gasteiger charge is 2.16. The number of nitrogens with zero attached hydrogens (tertiary/aromatic N) is 3. The third-order valence-electron chi connectivity index (χ3n) is 5.31. The van der Waals surface area contributed by atoms with Crippen LogP contribution in [0.15, 0.2) is 63.9 Å². The molecule has 32 heavy (non-hydrogen) atoms. The molecule has 1 aliphatic rings. The van der Waals surface area contributed by atoms with Crippen molar-refractivity contribution in [2.75, 3.05) is 51.8 Å². The largest absolute Gasteiger partial charge is 0.379 e. The van der Waals surface area contributed by atoms with Gasteiger partial charge in [0.1, 0.15) is 0 Å². The monoisotopic (exact) mass is 461 g/mol. The standard InChI is InChI=1S/C23H31N3O5S/c27-26(28)22-8-10-23(11-9-22)32(29,24-12-13-25-14-17-30-18-15-25)19-5-4-16-31-20-21-6-2-1-3-7-21/h1-3,6-11H,4-5,12-20H2. The maximum Gasteiger partial charge on any atom is 0.269 e. The molecule has 1 aliphatic heterocycles. The predicted molar refractivity (Wildman–Crippen MR) is 124 cm³/mol. The topological polar surface area (TPSA) is 94.3 Å². The Bertz CT molecular complexity index is 953. The van der Waals surface area contributed by atoms with Crippen LogP contribution in [0.25, 0.3) is 0 Å². The molecule has 0 aliphatic carbocycles. The van der Waals surface area contributed by atoms with Crippen LogP contribution in [-0.2, 0) is 25.8 Å². The molecule has 3 rings (SSSR count). The quantitative estimate of drug-likeness (QED) is 0.271. The minimum absolute atomic E-state index is 0.0156. The summed E-state index contributed by atoms with van der Waals surface area (Å²) in [5.74, 6) is 0.405. The van der Waals surface area contributed by atoms with Gasteiger partial charge >= 0.3 is 0 Å². The lowest BCUT2D eigenvalue weighted by Gasteiger charge is -2.25. The van der Waals surface area contributed by atoms with E-state index >= 15 is 0 Å². The van der Waals surface area contributed by atoms with Crippen LogP contribution in [0, 0.1) is 10.1 Å². The number of non-ortho nitro benzene ring substituents is 1. The molecule has 2 aromatic rings. The molecule has 0 saturated carbocycles. The fourth-order valence-electron chi connectivity index (χ4n) is 3.46. The molecule has 0 amide bonds. The molecule has 0 spiro atoms. The van der Waals surface area contributed by atoms with Crippen LogP contribution >= 0.6 is 0 Å². The van der Waals surface area contributed by atoms with Crippen LogP contribution < -0.4 is 0 Å². The Hall–Kier alpha value is -2.33. The van der Waals surface area contributed by atoms with Gasteiger partial charge in [0.15, 0.2) is 0 Å². The molecule has 1 unspecified atom stereocenters. The van der Waals surface area contributed by atoms with Crippen molar-refractivity contribution in [3.8, 4) is 0 Å². The zero-order chi connectivity index (χ0) is 22.7. The van der Waals surface area contributed by atoms with Gasteiger partial charge in [0.25, 0.3) is 5.69 Å². The smallest absolute Gasteiger partial charge is 0.269 e. The van der Waals surface area contributed by atoms with Crippen LogP contribution in [0.5, 0.6) is 0 Å². The van der Waals surface area contributed by atoms with Gasteiger partial charge in [-0.05, 0) is 30.5 Å². The second-order valence-corrected chi connectivity index (χ2v) is 10.1. The molecular weight excluding hydrogens is 430 g/mol. The number of morpholine rings is 1. The number of hydrogen-bond donors (Lipinski definition) is 0. The summed E-state index contributed by atoms with van der Waals surface area (Å²) in [7, 11) is -2.66. The van der Waals surface area contributed by atoms with Crippen LogP contribution in [-0.4, -0.2) is 65.8 Å². The summed E-state index contributed by atoms with van der Waals surface area (Å²) in [4.78, 5) is 13.3. The summed E-state index contributed by atoms with van der Waals surface area (Å²) in [6, 6.07) is 15.9.